The van der Waals surface area contributed by atoms with E-state index in [9.17, 15) is 14.4 Å². The summed E-state index contributed by atoms with van der Waals surface area (Å²) in [6.07, 6.45) is 2.79. The Morgan fingerprint density at radius 3 is 2.65 bits per heavy atom. The molecule has 2 N–H and O–H groups in total. The lowest BCUT2D eigenvalue weighted by atomic mass is 10.00. The quantitative estimate of drug-likeness (QED) is 0.770. The fraction of sp³-hybridized carbons (Fsp3) is 0.769. The van der Waals surface area contributed by atoms with Crippen LogP contribution in [-0.2, 0) is 9.59 Å². The first-order chi connectivity index (χ1) is 9.45. The number of carbonyl (C=O) groups is 3. The van der Waals surface area contributed by atoms with E-state index in [0.717, 1.165) is 19.3 Å². The molecule has 0 spiro atoms. The Morgan fingerprint density at radius 1 is 1.35 bits per heavy atom. The molecule has 0 radical (unpaired) electrons. The van der Waals surface area contributed by atoms with Crippen molar-refractivity contribution in [1.82, 2.24) is 15.1 Å². The predicted octanol–water partition coefficient (Wildman–Crippen LogP) is 0.504. The molecule has 0 aromatic heterocycles. The average Bonchev–Trinajstić information content (AvgIpc) is 2.43. The van der Waals surface area contributed by atoms with Gasteiger partial charge < -0.3 is 20.2 Å². The second-order valence-electron chi connectivity index (χ2n) is 5.07. The molecule has 0 aromatic rings. The van der Waals surface area contributed by atoms with Crippen molar-refractivity contribution < 1.29 is 19.5 Å². The number of likely N-dealkylation sites (tertiary alicyclic amines) is 1. The van der Waals surface area contributed by atoms with Gasteiger partial charge in [-0.1, -0.05) is 0 Å². The molecule has 1 atom stereocenters. The Morgan fingerprint density at radius 2 is 2.05 bits per heavy atom. The first-order valence-electron chi connectivity index (χ1n) is 6.89. The van der Waals surface area contributed by atoms with Gasteiger partial charge in [0.1, 0.15) is 0 Å². The van der Waals surface area contributed by atoms with E-state index in [4.69, 9.17) is 5.11 Å². The van der Waals surface area contributed by atoms with E-state index >= 15 is 0 Å². The summed E-state index contributed by atoms with van der Waals surface area (Å²) in [5, 5.41) is 11.4. The van der Waals surface area contributed by atoms with Crippen LogP contribution in [0.25, 0.3) is 0 Å². The summed E-state index contributed by atoms with van der Waals surface area (Å²) in [6.45, 7) is 0.913. The van der Waals surface area contributed by atoms with E-state index in [-0.39, 0.29) is 30.8 Å². The summed E-state index contributed by atoms with van der Waals surface area (Å²) in [4.78, 5) is 37.5. The summed E-state index contributed by atoms with van der Waals surface area (Å²) in [5.41, 5.74) is 0. The number of carbonyl (C=O) groups excluding carboxylic acids is 2. The molecular weight excluding hydrogens is 262 g/mol. The Balaban J connectivity index is 2.57. The molecule has 20 heavy (non-hydrogen) atoms. The van der Waals surface area contributed by atoms with E-state index in [1.54, 1.807) is 19.0 Å². The first kappa shape index (κ1) is 16.3. The van der Waals surface area contributed by atoms with Gasteiger partial charge in [-0.05, 0) is 19.3 Å². The summed E-state index contributed by atoms with van der Waals surface area (Å²) >= 11 is 0. The van der Waals surface area contributed by atoms with Crippen molar-refractivity contribution in [2.24, 2.45) is 0 Å². The van der Waals surface area contributed by atoms with Crippen LogP contribution in [0.2, 0.25) is 0 Å². The van der Waals surface area contributed by atoms with Crippen molar-refractivity contribution in [2.75, 3.05) is 27.2 Å². The van der Waals surface area contributed by atoms with Gasteiger partial charge >= 0.3 is 12.0 Å². The zero-order chi connectivity index (χ0) is 15.1. The number of carboxylic acid groups (broad SMARTS) is 1. The van der Waals surface area contributed by atoms with Crippen LogP contribution < -0.4 is 5.32 Å². The highest BCUT2D eigenvalue weighted by atomic mass is 16.4. The smallest absolute Gasteiger partial charge is 0.320 e. The van der Waals surface area contributed by atoms with Gasteiger partial charge in [-0.15, -0.1) is 0 Å². The maximum Gasteiger partial charge on any atom is 0.320 e. The first-order valence-corrected chi connectivity index (χ1v) is 6.89. The second-order valence-corrected chi connectivity index (χ2v) is 5.07. The molecule has 1 saturated heterocycles. The van der Waals surface area contributed by atoms with Crippen LogP contribution in [0.3, 0.4) is 0 Å². The molecule has 1 fully saturated rings. The summed E-state index contributed by atoms with van der Waals surface area (Å²) < 4.78 is 0. The van der Waals surface area contributed by atoms with E-state index in [1.165, 1.54) is 4.90 Å². The largest absolute Gasteiger partial charge is 0.481 e. The van der Waals surface area contributed by atoms with Crippen LogP contribution in [0.15, 0.2) is 0 Å². The number of hydrogen-bond donors (Lipinski definition) is 2. The Bertz CT molecular complexity index is 373. The van der Waals surface area contributed by atoms with Gasteiger partial charge in [-0.3, -0.25) is 9.59 Å². The van der Waals surface area contributed by atoms with Crippen LogP contribution >= 0.6 is 0 Å². The van der Waals surface area contributed by atoms with E-state index in [2.05, 4.69) is 5.32 Å². The predicted molar refractivity (Wildman–Crippen MR) is 73.3 cm³/mol. The van der Waals surface area contributed by atoms with Crippen molar-refractivity contribution in [3.63, 3.8) is 0 Å². The molecule has 0 aliphatic carbocycles. The van der Waals surface area contributed by atoms with Crippen LogP contribution in [0.1, 0.15) is 32.1 Å². The molecule has 3 amide bonds. The molecule has 1 unspecified atom stereocenters. The molecule has 7 heteroatoms. The Kier molecular flexibility index (Phi) is 6.27. The van der Waals surface area contributed by atoms with Crippen molar-refractivity contribution in [3.8, 4) is 0 Å². The highest BCUT2D eigenvalue weighted by Gasteiger charge is 2.30. The molecule has 1 aliphatic heterocycles. The summed E-state index contributed by atoms with van der Waals surface area (Å²) in [6, 6.07) is -0.434. The molecule has 114 valence electrons. The minimum atomic E-state index is -0.886. The fourth-order valence-electron chi connectivity index (χ4n) is 2.38. The molecule has 0 bridgehead atoms. The van der Waals surface area contributed by atoms with E-state index < -0.39 is 5.97 Å². The number of piperidine rings is 1. The van der Waals surface area contributed by atoms with E-state index in [0.29, 0.717) is 13.1 Å². The molecule has 1 heterocycles. The maximum absolute atomic E-state index is 12.3. The molecule has 7 nitrogen and oxygen atoms in total. The van der Waals surface area contributed by atoms with Gasteiger partial charge in [0.15, 0.2) is 0 Å². The summed E-state index contributed by atoms with van der Waals surface area (Å²) in [7, 11) is 3.19. The highest BCUT2D eigenvalue weighted by Crippen LogP contribution is 2.21. The minimum absolute atomic E-state index is 0.0188. The number of urea groups is 1. The lowest BCUT2D eigenvalue weighted by Crippen LogP contribution is -2.50. The van der Waals surface area contributed by atoms with Crippen molar-refractivity contribution in [2.45, 2.75) is 38.1 Å². The minimum Gasteiger partial charge on any atom is -0.481 e. The third-order valence-corrected chi connectivity index (χ3v) is 3.56. The van der Waals surface area contributed by atoms with Crippen molar-refractivity contribution in [3.05, 3.63) is 0 Å². The SMILES string of the molecule is CNC(=O)CCN(C)C(=O)N1CCCCC1CC(=O)O. The van der Waals surface area contributed by atoms with Gasteiger partial charge in [0, 0.05) is 39.6 Å². The molecule has 0 saturated carbocycles. The van der Waals surface area contributed by atoms with Gasteiger partial charge in [0.2, 0.25) is 5.91 Å². The number of rotatable bonds is 5. The number of nitrogens with one attached hydrogen (secondary N) is 1. The van der Waals surface area contributed by atoms with Crippen molar-refractivity contribution in [1.29, 1.82) is 0 Å². The van der Waals surface area contributed by atoms with Crippen LogP contribution in [0.4, 0.5) is 4.79 Å². The topological polar surface area (TPSA) is 90.0 Å². The van der Waals surface area contributed by atoms with Gasteiger partial charge in [0.25, 0.3) is 0 Å². The lowest BCUT2D eigenvalue weighted by molar-refractivity contribution is -0.138. The maximum atomic E-state index is 12.3. The third kappa shape index (κ3) is 4.71. The second kappa shape index (κ2) is 7.72. The average molecular weight is 285 g/mol. The zero-order valence-corrected chi connectivity index (χ0v) is 12.1. The number of aliphatic carboxylic acids is 1. The zero-order valence-electron chi connectivity index (χ0n) is 12.1. The number of hydrogen-bond acceptors (Lipinski definition) is 3. The number of amides is 3. The van der Waals surface area contributed by atoms with Gasteiger partial charge in [-0.2, -0.15) is 0 Å². The van der Waals surface area contributed by atoms with E-state index in [1.807, 2.05) is 0 Å². The normalized spacial score (nSPS) is 18.5. The Labute approximate surface area is 118 Å². The standard InChI is InChI=1S/C13H23N3O4/c1-14-11(17)6-8-15(2)13(20)16-7-4-3-5-10(16)9-12(18)19/h10H,3-9H2,1-2H3,(H,14,17)(H,18,19). The summed E-state index contributed by atoms with van der Waals surface area (Å²) in [5.74, 6) is -1.01. The van der Waals surface area contributed by atoms with Crippen LogP contribution in [-0.4, -0.2) is 66.0 Å². The van der Waals surface area contributed by atoms with Crippen LogP contribution in [0, 0.1) is 0 Å². The highest BCUT2D eigenvalue weighted by molar-refractivity contribution is 5.78. The van der Waals surface area contributed by atoms with Crippen molar-refractivity contribution >= 4 is 17.9 Å². The van der Waals surface area contributed by atoms with Gasteiger partial charge in [-0.25, -0.2) is 4.79 Å². The molecular formula is C13H23N3O4. The number of nitrogens with zero attached hydrogens (tertiary/aromatic N) is 2. The molecule has 1 aliphatic rings. The van der Waals surface area contributed by atoms with Gasteiger partial charge in [0.05, 0.1) is 6.42 Å². The number of carboxylic acids is 1. The lowest BCUT2D eigenvalue weighted by Gasteiger charge is -2.37. The fourth-order valence-corrected chi connectivity index (χ4v) is 2.38. The Hall–Kier alpha value is -1.79. The monoisotopic (exact) mass is 285 g/mol. The molecule has 0 aromatic carbocycles. The third-order valence-electron chi connectivity index (χ3n) is 3.56. The molecule has 1 rings (SSSR count). The van der Waals surface area contributed by atoms with Crippen LogP contribution in [0.5, 0.6) is 0 Å².